The predicted molar refractivity (Wildman–Crippen MR) is 185 cm³/mol. The first-order valence-corrected chi connectivity index (χ1v) is 17.6. The van der Waals surface area contributed by atoms with E-state index in [0.29, 0.717) is 103 Å². The lowest BCUT2D eigenvalue weighted by molar-refractivity contribution is 0.0197. The number of nitrogens with two attached hydrogens (primary N) is 2. The van der Waals surface area contributed by atoms with Crippen LogP contribution in [-0.4, -0.2) is 127 Å². The normalized spacial score (nSPS) is 20.0. The summed E-state index contributed by atoms with van der Waals surface area (Å²) >= 11 is 0. The Hall–Kier alpha value is -4.47. The number of benzene rings is 1. The molecule has 2 aliphatic heterocycles. The summed E-state index contributed by atoms with van der Waals surface area (Å²) in [6.07, 6.45) is 6.17. The maximum absolute atomic E-state index is 12.9. The van der Waals surface area contributed by atoms with Crippen LogP contribution >= 0.6 is 0 Å². The van der Waals surface area contributed by atoms with Gasteiger partial charge in [0.1, 0.15) is 12.2 Å². The van der Waals surface area contributed by atoms with Crippen LogP contribution in [0.15, 0.2) is 24.3 Å². The molecule has 0 bridgehead atoms. The number of piperazine rings is 2. The van der Waals surface area contributed by atoms with Gasteiger partial charge in [0.05, 0.1) is 0 Å². The summed E-state index contributed by atoms with van der Waals surface area (Å²) in [4.78, 5) is 57.7. The molecule has 6 amide bonds. The number of urea groups is 2. The largest absolute Gasteiger partial charge is 0.446 e. The number of nitrogens with one attached hydrogen (secondary N) is 4. The molecule has 272 valence electrons. The van der Waals surface area contributed by atoms with Gasteiger partial charge in [-0.1, -0.05) is 18.6 Å². The van der Waals surface area contributed by atoms with Gasteiger partial charge in [-0.05, 0) is 75.6 Å². The molecule has 1 saturated carbocycles. The van der Waals surface area contributed by atoms with Crippen molar-refractivity contribution in [2.24, 2.45) is 11.5 Å². The highest BCUT2D eigenvalue weighted by atomic mass is 16.6. The third kappa shape index (κ3) is 12.5. The van der Waals surface area contributed by atoms with Crippen LogP contribution in [0, 0.1) is 5.41 Å². The Kier molecular flexibility index (Phi) is 14.9. The van der Waals surface area contributed by atoms with E-state index in [0.717, 1.165) is 37.7 Å². The number of hydrogen-bond donors (Lipinski definition) is 6. The Morgan fingerprint density at radius 1 is 0.694 bits per heavy atom. The number of carbonyl (C=O) groups is 4. The summed E-state index contributed by atoms with van der Waals surface area (Å²) in [5.41, 5.74) is 12.5. The second-order valence-corrected chi connectivity index (χ2v) is 12.8. The molecule has 0 unspecified atom stereocenters. The van der Waals surface area contributed by atoms with E-state index in [4.69, 9.17) is 26.4 Å². The van der Waals surface area contributed by atoms with Crippen molar-refractivity contribution in [2.45, 2.75) is 76.5 Å². The molecule has 3 aliphatic rings. The molecule has 16 heteroatoms. The Morgan fingerprint density at radius 2 is 1.16 bits per heavy atom. The number of hydrogen-bond acceptors (Lipinski definition) is 8. The van der Waals surface area contributed by atoms with Gasteiger partial charge in [0.25, 0.3) is 0 Å². The molecule has 16 nitrogen and oxygen atoms in total. The van der Waals surface area contributed by atoms with Crippen LogP contribution in [0.5, 0.6) is 0 Å². The smallest absolute Gasteiger partial charge is 0.410 e. The average molecular weight is 687 g/mol. The lowest BCUT2D eigenvalue weighted by Crippen LogP contribution is -2.53. The van der Waals surface area contributed by atoms with E-state index in [1.165, 1.54) is 0 Å². The number of ether oxygens (including phenoxy) is 2. The highest BCUT2D eigenvalue weighted by molar-refractivity contribution is 5.89. The number of rotatable bonds is 10. The number of guanidine groups is 1. The molecule has 2 saturated heterocycles. The van der Waals surface area contributed by atoms with Gasteiger partial charge >= 0.3 is 24.2 Å². The monoisotopic (exact) mass is 686 g/mol. The average Bonchev–Trinajstić information content (AvgIpc) is 3.09. The van der Waals surface area contributed by atoms with Crippen molar-refractivity contribution >= 4 is 35.9 Å². The molecule has 0 radical (unpaired) electrons. The van der Waals surface area contributed by atoms with E-state index >= 15 is 0 Å². The predicted octanol–water partition coefficient (Wildman–Crippen LogP) is 2.64. The summed E-state index contributed by atoms with van der Waals surface area (Å²) in [5, 5.41) is 15.9. The zero-order chi connectivity index (χ0) is 35.0. The van der Waals surface area contributed by atoms with E-state index in [-0.39, 0.29) is 42.4 Å². The second kappa shape index (κ2) is 19.5. The number of unbranched alkanes of at least 4 members (excludes halogenated alkanes) is 2. The van der Waals surface area contributed by atoms with Crippen LogP contribution in [-0.2, 0) is 16.0 Å². The Morgan fingerprint density at radius 3 is 1.63 bits per heavy atom. The zero-order valence-corrected chi connectivity index (χ0v) is 28.5. The van der Waals surface area contributed by atoms with E-state index < -0.39 is 0 Å². The van der Waals surface area contributed by atoms with Gasteiger partial charge in [-0.25, -0.2) is 19.2 Å². The molecule has 1 aliphatic carbocycles. The van der Waals surface area contributed by atoms with Crippen molar-refractivity contribution in [3.05, 3.63) is 29.8 Å². The standard InChI is InChI=1S/C33H54N10O6/c34-14-2-1-3-15-37-30(44)40-16-20-42(21-17-40)32(46)48-27-6-4-8-28(9-5-7-27)49-33(47)43-22-18-41(19-23-43)31(45)38-24-25-10-12-26(13-11-25)39-29(35)36/h10-13,27-28H,1-9,14-24,34H2,(H,37,44)(H,38,45)(H4,35,36,39)/t27-,28+. The van der Waals surface area contributed by atoms with Gasteiger partial charge in [0.15, 0.2) is 5.96 Å². The maximum atomic E-state index is 12.9. The highest BCUT2D eigenvalue weighted by Crippen LogP contribution is 2.24. The molecule has 4 rings (SSSR count). The van der Waals surface area contributed by atoms with E-state index in [2.05, 4.69) is 16.0 Å². The molecular weight excluding hydrogens is 632 g/mol. The fourth-order valence-corrected chi connectivity index (χ4v) is 6.19. The number of anilines is 1. The number of amides is 6. The second-order valence-electron chi connectivity index (χ2n) is 12.8. The van der Waals surface area contributed by atoms with E-state index in [9.17, 15) is 19.2 Å². The molecule has 0 atom stereocenters. The van der Waals surface area contributed by atoms with Crippen LogP contribution < -0.4 is 27.4 Å². The van der Waals surface area contributed by atoms with Gasteiger partial charge in [0.2, 0.25) is 0 Å². The van der Waals surface area contributed by atoms with E-state index in [1.807, 2.05) is 12.1 Å². The van der Waals surface area contributed by atoms with Gasteiger partial charge in [-0.2, -0.15) is 0 Å². The molecule has 2 heterocycles. The van der Waals surface area contributed by atoms with Crippen LogP contribution in [0.3, 0.4) is 0 Å². The van der Waals surface area contributed by atoms with Crippen LogP contribution in [0.1, 0.15) is 63.4 Å². The number of nitrogens with zero attached hydrogens (tertiary/aromatic N) is 4. The fraction of sp³-hybridized carbons (Fsp3) is 0.667. The van der Waals surface area contributed by atoms with Gasteiger partial charge in [-0.15, -0.1) is 0 Å². The van der Waals surface area contributed by atoms with E-state index in [1.54, 1.807) is 31.7 Å². The topological polar surface area (TPSA) is 212 Å². The Bertz CT molecular complexity index is 1220. The van der Waals surface area contributed by atoms with Gasteiger partial charge in [0, 0.05) is 71.1 Å². The molecule has 0 aromatic heterocycles. The molecule has 0 spiro atoms. The quantitative estimate of drug-likeness (QED) is 0.121. The van der Waals surface area contributed by atoms with Crippen molar-refractivity contribution in [1.82, 2.24) is 30.2 Å². The number of carbonyl (C=O) groups excluding carboxylic acids is 4. The minimum Gasteiger partial charge on any atom is -0.446 e. The van der Waals surface area contributed by atoms with Crippen LogP contribution in [0.25, 0.3) is 0 Å². The summed E-state index contributed by atoms with van der Waals surface area (Å²) < 4.78 is 11.7. The zero-order valence-electron chi connectivity index (χ0n) is 28.5. The lowest BCUT2D eigenvalue weighted by Gasteiger charge is -2.36. The molecule has 49 heavy (non-hydrogen) atoms. The first kappa shape index (κ1) is 37.4. The van der Waals surface area contributed by atoms with Crippen LogP contribution in [0.2, 0.25) is 0 Å². The molecule has 1 aromatic carbocycles. The third-order valence-electron chi connectivity index (χ3n) is 9.12. The maximum Gasteiger partial charge on any atom is 0.410 e. The Labute approximate surface area is 288 Å². The Balaban J connectivity index is 1.07. The third-order valence-corrected chi connectivity index (χ3v) is 9.12. The summed E-state index contributed by atoms with van der Waals surface area (Å²) in [5.74, 6) is -0.140. The van der Waals surface area contributed by atoms with Crippen molar-refractivity contribution in [2.75, 3.05) is 70.8 Å². The molecule has 1 aromatic rings. The summed E-state index contributed by atoms with van der Waals surface area (Å²) in [6.45, 7) is 5.11. The summed E-state index contributed by atoms with van der Waals surface area (Å²) in [7, 11) is 0. The fourth-order valence-electron chi connectivity index (χ4n) is 6.19. The van der Waals surface area contributed by atoms with Crippen molar-refractivity contribution in [3.63, 3.8) is 0 Å². The summed E-state index contributed by atoms with van der Waals surface area (Å²) in [6, 6.07) is 6.99. The van der Waals surface area contributed by atoms with Crippen LogP contribution in [0.4, 0.5) is 24.9 Å². The van der Waals surface area contributed by atoms with Crippen molar-refractivity contribution in [3.8, 4) is 0 Å². The minimum absolute atomic E-state index is 0.0957. The lowest BCUT2D eigenvalue weighted by atomic mass is 9.96. The van der Waals surface area contributed by atoms with Gasteiger partial charge < -0.3 is 56.5 Å². The molecular formula is C33H54N10O6. The van der Waals surface area contributed by atoms with Crippen molar-refractivity contribution in [1.29, 1.82) is 5.41 Å². The molecule has 3 fully saturated rings. The SMILES string of the molecule is N=C(N)Nc1ccc(CNC(=O)N2CCN(C(=O)O[C@H]3CCC[C@@H](OC(=O)N4CCN(C(=O)NCCCCCN)CC4)CCC3)CC2)cc1. The molecule has 8 N–H and O–H groups in total. The van der Waals surface area contributed by atoms with Gasteiger partial charge in [-0.3, -0.25) is 5.41 Å². The first-order valence-electron chi connectivity index (χ1n) is 17.6. The highest BCUT2D eigenvalue weighted by Gasteiger charge is 2.30. The first-order chi connectivity index (χ1) is 23.7. The minimum atomic E-state index is -0.354. The van der Waals surface area contributed by atoms with Crippen molar-refractivity contribution < 1.29 is 28.7 Å².